The fourth-order valence-electron chi connectivity index (χ4n) is 5.58. The summed E-state index contributed by atoms with van der Waals surface area (Å²) in [4.78, 5) is 26.9. The highest BCUT2D eigenvalue weighted by Gasteiger charge is 2.42. The maximum absolute atomic E-state index is 13.9. The van der Waals surface area contributed by atoms with Crippen LogP contribution in [0.3, 0.4) is 0 Å². The molecule has 3 aromatic rings. The second-order valence-electron chi connectivity index (χ2n) is 9.25. The molecule has 2 aromatic carbocycles. The van der Waals surface area contributed by atoms with Crippen LogP contribution in [0.15, 0.2) is 40.3 Å². The van der Waals surface area contributed by atoms with Gasteiger partial charge in [-0.15, -0.1) is 0 Å². The van der Waals surface area contributed by atoms with Crippen molar-refractivity contribution in [3.05, 3.63) is 62.6 Å². The Kier molecular flexibility index (Phi) is 6.90. The lowest BCUT2D eigenvalue weighted by Gasteiger charge is -2.35. The summed E-state index contributed by atoms with van der Waals surface area (Å²) in [5.74, 6) is 2.47. The second kappa shape index (κ2) is 10.3. The van der Waals surface area contributed by atoms with Gasteiger partial charge in [0.25, 0.3) is 5.56 Å². The molecule has 1 aliphatic heterocycles. The molecule has 2 heterocycles. The van der Waals surface area contributed by atoms with Gasteiger partial charge in [0.05, 0.1) is 54.1 Å². The number of anilines is 1. The molecule has 1 aromatic heterocycles. The van der Waals surface area contributed by atoms with Crippen molar-refractivity contribution in [2.45, 2.75) is 24.7 Å². The number of hydrogen-bond acceptors (Lipinski definition) is 9. The SMILES string of the molecule is COc1cc(OC)c(C2C3=C(CC(c4cc(OC)c(OC)c(OC)c4)CC3=O)Nc3[nH][nH]c(=O)c32)cc1OC. The van der Waals surface area contributed by atoms with E-state index >= 15 is 0 Å². The summed E-state index contributed by atoms with van der Waals surface area (Å²) in [5, 5.41) is 8.88. The predicted octanol–water partition coefficient (Wildman–Crippen LogP) is 3.71. The van der Waals surface area contributed by atoms with Gasteiger partial charge >= 0.3 is 0 Å². The zero-order valence-electron chi connectivity index (χ0n) is 22.6. The van der Waals surface area contributed by atoms with E-state index in [1.807, 2.05) is 12.1 Å². The third kappa shape index (κ3) is 4.23. The molecule has 0 amide bonds. The van der Waals surface area contributed by atoms with Crippen molar-refractivity contribution in [3.63, 3.8) is 0 Å². The largest absolute Gasteiger partial charge is 0.496 e. The number of rotatable bonds is 8. The molecule has 0 fully saturated rings. The van der Waals surface area contributed by atoms with Gasteiger partial charge in [-0.05, 0) is 36.1 Å². The van der Waals surface area contributed by atoms with Crippen LogP contribution in [0.25, 0.3) is 0 Å². The zero-order valence-corrected chi connectivity index (χ0v) is 22.6. The van der Waals surface area contributed by atoms with Crippen molar-refractivity contribution in [2.24, 2.45) is 0 Å². The molecule has 0 spiro atoms. The van der Waals surface area contributed by atoms with Crippen molar-refractivity contribution in [1.29, 1.82) is 0 Å². The predicted molar refractivity (Wildman–Crippen MR) is 143 cm³/mol. The first kappa shape index (κ1) is 26.1. The molecule has 39 heavy (non-hydrogen) atoms. The van der Waals surface area contributed by atoms with E-state index in [9.17, 15) is 9.59 Å². The maximum Gasteiger partial charge on any atom is 0.270 e. The molecule has 5 rings (SSSR count). The maximum atomic E-state index is 13.9. The third-order valence-electron chi connectivity index (χ3n) is 7.38. The average molecular weight is 538 g/mol. The molecule has 0 saturated heterocycles. The average Bonchev–Trinajstić information content (AvgIpc) is 3.33. The number of nitrogens with one attached hydrogen (secondary N) is 3. The summed E-state index contributed by atoms with van der Waals surface area (Å²) in [5.41, 5.74) is 2.80. The lowest BCUT2D eigenvalue weighted by Crippen LogP contribution is -2.31. The van der Waals surface area contributed by atoms with Gasteiger partial charge in [-0.1, -0.05) is 0 Å². The van der Waals surface area contributed by atoms with Crippen molar-refractivity contribution < 1.29 is 33.2 Å². The highest BCUT2D eigenvalue weighted by atomic mass is 16.5. The van der Waals surface area contributed by atoms with Crippen molar-refractivity contribution in [1.82, 2.24) is 10.2 Å². The number of ketones is 1. The third-order valence-corrected chi connectivity index (χ3v) is 7.38. The first-order chi connectivity index (χ1) is 18.9. The Morgan fingerprint density at radius 2 is 1.31 bits per heavy atom. The van der Waals surface area contributed by atoms with Gasteiger partial charge in [0.15, 0.2) is 28.8 Å². The number of benzene rings is 2. The molecule has 11 nitrogen and oxygen atoms in total. The van der Waals surface area contributed by atoms with Gasteiger partial charge in [-0.25, -0.2) is 0 Å². The fourth-order valence-corrected chi connectivity index (χ4v) is 5.58. The van der Waals surface area contributed by atoms with Gasteiger partial charge < -0.3 is 33.7 Å². The number of fused-ring (bicyclic) bond motifs is 1. The van der Waals surface area contributed by atoms with Gasteiger partial charge in [0.1, 0.15) is 11.6 Å². The number of carbonyl (C=O) groups excluding carboxylic acids is 1. The van der Waals surface area contributed by atoms with Crippen LogP contribution in [0.4, 0.5) is 5.82 Å². The number of H-pyrrole nitrogens is 2. The lowest BCUT2D eigenvalue weighted by molar-refractivity contribution is -0.116. The van der Waals surface area contributed by atoms with E-state index in [0.717, 1.165) is 11.3 Å². The van der Waals surface area contributed by atoms with Crippen LogP contribution in [-0.4, -0.2) is 58.6 Å². The molecule has 0 bridgehead atoms. The summed E-state index contributed by atoms with van der Waals surface area (Å²) >= 11 is 0. The highest BCUT2D eigenvalue weighted by molar-refractivity contribution is 6.01. The first-order valence-electron chi connectivity index (χ1n) is 12.3. The summed E-state index contributed by atoms with van der Waals surface area (Å²) < 4.78 is 33.2. The summed E-state index contributed by atoms with van der Waals surface area (Å²) in [6.07, 6.45) is 0.737. The second-order valence-corrected chi connectivity index (χ2v) is 9.25. The molecule has 11 heteroatoms. The number of allylic oxidation sites excluding steroid dienone is 2. The Bertz CT molecular complexity index is 1490. The normalized spacial score (nSPS) is 18.1. The number of aromatic nitrogens is 2. The Hall–Kier alpha value is -4.54. The summed E-state index contributed by atoms with van der Waals surface area (Å²) in [7, 11) is 9.26. The molecular formula is C28H31N3O8. The van der Waals surface area contributed by atoms with Crippen LogP contribution < -0.4 is 39.3 Å². The number of methoxy groups -OCH3 is 6. The molecular weight excluding hydrogens is 506 g/mol. The number of hydrogen-bond donors (Lipinski definition) is 3. The van der Waals surface area contributed by atoms with E-state index in [-0.39, 0.29) is 23.7 Å². The molecule has 0 saturated carbocycles. The minimum absolute atomic E-state index is 0.0874. The van der Waals surface area contributed by atoms with Crippen LogP contribution in [0.1, 0.15) is 41.4 Å². The molecule has 0 radical (unpaired) electrons. The molecule has 2 aliphatic rings. The summed E-state index contributed by atoms with van der Waals surface area (Å²) in [6, 6.07) is 7.19. The van der Waals surface area contributed by atoms with E-state index in [4.69, 9.17) is 28.4 Å². The van der Waals surface area contributed by atoms with Crippen LogP contribution in [-0.2, 0) is 4.79 Å². The zero-order chi connectivity index (χ0) is 27.8. The smallest absolute Gasteiger partial charge is 0.270 e. The fraction of sp³-hybridized carbons (Fsp3) is 0.357. The standard InChI is InChI=1S/C28H31N3O8/c1-34-18-12-20(36-3)19(35-2)11-15(18)23-24-16(29-27-25(23)28(33)31-30-27)7-13(8-17(24)32)14-9-21(37-4)26(39-6)22(10-14)38-5/h9-13,23H,7-8H2,1-6H3,(H3,29,30,31,33). The van der Waals surface area contributed by atoms with E-state index in [0.29, 0.717) is 63.4 Å². The van der Waals surface area contributed by atoms with Crippen LogP contribution in [0.5, 0.6) is 34.5 Å². The topological polar surface area (TPSA) is 133 Å². The van der Waals surface area contributed by atoms with E-state index < -0.39 is 5.92 Å². The Balaban J connectivity index is 1.65. The molecule has 2 unspecified atom stereocenters. The minimum atomic E-state index is -0.686. The molecule has 3 N–H and O–H groups in total. The number of ether oxygens (including phenoxy) is 6. The number of Topliss-reactive ketones (excluding diaryl/α,β-unsaturated/α-hetero) is 1. The highest BCUT2D eigenvalue weighted by Crippen LogP contribution is 2.51. The van der Waals surface area contributed by atoms with E-state index in [1.165, 1.54) is 21.3 Å². The van der Waals surface area contributed by atoms with Gasteiger partial charge in [0.2, 0.25) is 5.75 Å². The molecule has 1 aliphatic carbocycles. The van der Waals surface area contributed by atoms with E-state index in [2.05, 4.69) is 15.5 Å². The monoisotopic (exact) mass is 537 g/mol. The lowest BCUT2D eigenvalue weighted by atomic mass is 9.72. The first-order valence-corrected chi connectivity index (χ1v) is 12.3. The van der Waals surface area contributed by atoms with Gasteiger partial charge in [0, 0.05) is 29.3 Å². The van der Waals surface area contributed by atoms with Crippen LogP contribution >= 0.6 is 0 Å². The van der Waals surface area contributed by atoms with E-state index in [1.54, 1.807) is 33.5 Å². The quantitative estimate of drug-likeness (QED) is 0.393. The molecule has 206 valence electrons. The van der Waals surface area contributed by atoms with Crippen molar-refractivity contribution in [2.75, 3.05) is 48.0 Å². The Morgan fingerprint density at radius 1 is 0.692 bits per heavy atom. The minimum Gasteiger partial charge on any atom is -0.496 e. The van der Waals surface area contributed by atoms with Crippen molar-refractivity contribution in [3.8, 4) is 34.5 Å². The Morgan fingerprint density at radius 3 is 1.90 bits per heavy atom. The van der Waals surface area contributed by atoms with Crippen LogP contribution in [0, 0.1) is 0 Å². The number of aromatic amines is 2. The number of carbonyl (C=O) groups is 1. The van der Waals surface area contributed by atoms with Gasteiger partial charge in [-0.3, -0.25) is 19.8 Å². The Labute approximate surface area is 225 Å². The summed E-state index contributed by atoms with van der Waals surface area (Å²) in [6.45, 7) is 0. The van der Waals surface area contributed by atoms with Gasteiger partial charge in [-0.2, -0.15) is 0 Å². The molecule has 2 atom stereocenters. The van der Waals surface area contributed by atoms with Crippen molar-refractivity contribution >= 4 is 11.6 Å². The van der Waals surface area contributed by atoms with Crippen LogP contribution in [0.2, 0.25) is 0 Å².